The summed E-state index contributed by atoms with van der Waals surface area (Å²) in [6.45, 7) is 0. The molecule has 3 N–H and O–H groups in total. The number of pyridine rings is 1. The normalized spacial score (nSPS) is 11.4. The van der Waals surface area contributed by atoms with Gasteiger partial charge in [0.05, 0.1) is 33.8 Å². The second-order valence-corrected chi connectivity index (χ2v) is 4.19. The first-order valence-corrected chi connectivity index (χ1v) is 5.59. The van der Waals surface area contributed by atoms with Crippen molar-refractivity contribution < 1.29 is 13.2 Å². The summed E-state index contributed by atoms with van der Waals surface area (Å²) >= 11 is 5.86. The second kappa shape index (κ2) is 4.97. The highest BCUT2D eigenvalue weighted by Gasteiger charge is 2.31. The number of benzene rings is 1. The van der Waals surface area contributed by atoms with Gasteiger partial charge in [-0.25, -0.2) is 0 Å². The summed E-state index contributed by atoms with van der Waals surface area (Å²) in [5.74, 6) is 0. The molecule has 0 saturated carbocycles. The minimum atomic E-state index is -4.43. The van der Waals surface area contributed by atoms with Gasteiger partial charge in [-0.05, 0) is 24.3 Å². The lowest BCUT2D eigenvalue weighted by Crippen LogP contribution is -2.06. The van der Waals surface area contributed by atoms with Gasteiger partial charge in [-0.1, -0.05) is 11.6 Å². The first-order valence-electron chi connectivity index (χ1n) is 5.21. The van der Waals surface area contributed by atoms with Crippen molar-refractivity contribution >= 4 is 28.7 Å². The van der Waals surface area contributed by atoms with E-state index in [9.17, 15) is 13.2 Å². The van der Waals surface area contributed by atoms with Crippen LogP contribution >= 0.6 is 11.6 Å². The standard InChI is InChI=1S/C12H9ClF3N3/c13-8-2-1-7(12(14,15)16)5-11(8)19-10-3-4-18-6-9(10)17/h1-6H,17H2,(H,18,19). The minimum absolute atomic E-state index is 0.134. The first-order chi connectivity index (χ1) is 8.88. The number of rotatable bonds is 2. The smallest absolute Gasteiger partial charge is 0.396 e. The van der Waals surface area contributed by atoms with Crippen LogP contribution in [0.2, 0.25) is 5.02 Å². The molecule has 1 heterocycles. The first kappa shape index (κ1) is 13.5. The Labute approximate surface area is 112 Å². The van der Waals surface area contributed by atoms with Crippen LogP contribution < -0.4 is 11.1 Å². The fourth-order valence-electron chi connectivity index (χ4n) is 1.46. The SMILES string of the molecule is Nc1cnccc1Nc1cc(C(F)(F)F)ccc1Cl. The number of anilines is 3. The van der Waals surface area contributed by atoms with E-state index in [1.165, 1.54) is 18.5 Å². The van der Waals surface area contributed by atoms with Crippen molar-refractivity contribution in [2.24, 2.45) is 0 Å². The van der Waals surface area contributed by atoms with E-state index >= 15 is 0 Å². The van der Waals surface area contributed by atoms with Gasteiger partial charge in [-0.15, -0.1) is 0 Å². The van der Waals surface area contributed by atoms with Gasteiger partial charge >= 0.3 is 6.18 Å². The summed E-state index contributed by atoms with van der Waals surface area (Å²) < 4.78 is 37.8. The Kier molecular flexibility index (Phi) is 3.53. The predicted molar refractivity (Wildman–Crippen MR) is 68.4 cm³/mol. The lowest BCUT2D eigenvalue weighted by molar-refractivity contribution is -0.137. The zero-order valence-corrected chi connectivity index (χ0v) is 10.3. The molecule has 0 aliphatic rings. The number of hydrogen-bond acceptors (Lipinski definition) is 3. The molecule has 0 amide bonds. The predicted octanol–water partition coefficient (Wildman–Crippen LogP) is 4.08. The molecule has 1 aromatic carbocycles. The molecule has 0 saturated heterocycles. The Morgan fingerprint density at radius 2 is 1.89 bits per heavy atom. The summed E-state index contributed by atoms with van der Waals surface area (Å²) in [5, 5.41) is 2.93. The maximum Gasteiger partial charge on any atom is 0.416 e. The van der Waals surface area contributed by atoms with Crippen LogP contribution in [0.4, 0.5) is 30.2 Å². The third-order valence-corrected chi connectivity index (χ3v) is 2.74. The number of alkyl halides is 3. The van der Waals surface area contributed by atoms with Crippen LogP contribution in [-0.4, -0.2) is 4.98 Å². The fourth-order valence-corrected chi connectivity index (χ4v) is 1.63. The van der Waals surface area contributed by atoms with Gasteiger partial charge < -0.3 is 11.1 Å². The molecule has 2 rings (SSSR count). The maximum absolute atomic E-state index is 12.6. The fraction of sp³-hybridized carbons (Fsp3) is 0.0833. The van der Waals surface area contributed by atoms with E-state index in [1.807, 2.05) is 0 Å². The number of hydrogen-bond donors (Lipinski definition) is 2. The van der Waals surface area contributed by atoms with Crippen LogP contribution in [0, 0.1) is 0 Å². The van der Waals surface area contributed by atoms with E-state index in [0.29, 0.717) is 11.4 Å². The van der Waals surface area contributed by atoms with Crippen molar-refractivity contribution in [3.05, 3.63) is 47.2 Å². The van der Waals surface area contributed by atoms with Crippen molar-refractivity contribution in [3.63, 3.8) is 0 Å². The lowest BCUT2D eigenvalue weighted by atomic mass is 10.2. The van der Waals surface area contributed by atoms with E-state index in [-0.39, 0.29) is 10.7 Å². The van der Waals surface area contributed by atoms with Gasteiger partial charge in [-0.2, -0.15) is 13.2 Å². The molecule has 0 aliphatic heterocycles. The van der Waals surface area contributed by atoms with E-state index in [0.717, 1.165) is 12.1 Å². The molecular formula is C12H9ClF3N3. The highest BCUT2D eigenvalue weighted by atomic mass is 35.5. The Hall–Kier alpha value is -1.95. The van der Waals surface area contributed by atoms with Crippen LogP contribution in [0.1, 0.15) is 5.56 Å². The van der Waals surface area contributed by atoms with E-state index in [2.05, 4.69) is 10.3 Å². The minimum Gasteiger partial charge on any atom is -0.396 e. The number of nitrogens with two attached hydrogens (primary N) is 1. The molecular weight excluding hydrogens is 279 g/mol. The summed E-state index contributed by atoms with van der Waals surface area (Å²) in [6.07, 6.45) is -1.56. The number of nitrogen functional groups attached to an aromatic ring is 1. The third kappa shape index (κ3) is 3.08. The maximum atomic E-state index is 12.6. The second-order valence-electron chi connectivity index (χ2n) is 3.78. The topological polar surface area (TPSA) is 50.9 Å². The van der Waals surface area contributed by atoms with E-state index in [1.54, 1.807) is 6.07 Å². The molecule has 0 spiro atoms. The summed E-state index contributed by atoms with van der Waals surface area (Å²) in [6, 6.07) is 4.58. The summed E-state index contributed by atoms with van der Waals surface area (Å²) in [5.41, 5.74) is 5.76. The molecule has 2 aromatic rings. The lowest BCUT2D eigenvalue weighted by Gasteiger charge is -2.13. The van der Waals surface area contributed by atoms with Crippen LogP contribution in [0.5, 0.6) is 0 Å². The number of nitrogens with one attached hydrogen (secondary N) is 1. The average molecular weight is 288 g/mol. The van der Waals surface area contributed by atoms with Gasteiger partial charge in [0.15, 0.2) is 0 Å². The Balaban J connectivity index is 2.38. The summed E-state index contributed by atoms with van der Waals surface area (Å²) in [7, 11) is 0. The average Bonchev–Trinajstić information content (AvgIpc) is 2.33. The quantitative estimate of drug-likeness (QED) is 0.875. The van der Waals surface area contributed by atoms with Crippen molar-refractivity contribution in [2.75, 3.05) is 11.1 Å². The van der Waals surface area contributed by atoms with Crippen molar-refractivity contribution in [2.45, 2.75) is 6.18 Å². The monoisotopic (exact) mass is 287 g/mol. The molecule has 0 radical (unpaired) electrons. The molecule has 0 atom stereocenters. The summed E-state index contributed by atoms with van der Waals surface area (Å²) in [4.78, 5) is 3.79. The van der Waals surface area contributed by atoms with E-state index < -0.39 is 11.7 Å². The molecule has 1 aromatic heterocycles. The number of halogens is 4. The zero-order valence-electron chi connectivity index (χ0n) is 9.50. The molecule has 0 bridgehead atoms. The van der Waals surface area contributed by atoms with Crippen molar-refractivity contribution in [1.82, 2.24) is 4.98 Å². The molecule has 0 fully saturated rings. The third-order valence-electron chi connectivity index (χ3n) is 2.41. The van der Waals surface area contributed by atoms with E-state index in [4.69, 9.17) is 17.3 Å². The number of aromatic nitrogens is 1. The van der Waals surface area contributed by atoms with Crippen LogP contribution in [-0.2, 0) is 6.18 Å². The highest BCUT2D eigenvalue weighted by Crippen LogP contribution is 2.35. The van der Waals surface area contributed by atoms with Gasteiger partial charge in [0.25, 0.3) is 0 Å². The van der Waals surface area contributed by atoms with Gasteiger partial charge in [0.2, 0.25) is 0 Å². The van der Waals surface area contributed by atoms with Crippen LogP contribution in [0.25, 0.3) is 0 Å². The largest absolute Gasteiger partial charge is 0.416 e. The highest BCUT2D eigenvalue weighted by molar-refractivity contribution is 6.33. The van der Waals surface area contributed by atoms with Gasteiger partial charge in [0, 0.05) is 6.20 Å². The van der Waals surface area contributed by atoms with Crippen molar-refractivity contribution in [1.29, 1.82) is 0 Å². The zero-order chi connectivity index (χ0) is 14.0. The molecule has 0 unspecified atom stereocenters. The van der Waals surface area contributed by atoms with Gasteiger partial charge in [0.1, 0.15) is 0 Å². The molecule has 100 valence electrons. The number of nitrogens with zero attached hydrogens (tertiary/aromatic N) is 1. The molecule has 19 heavy (non-hydrogen) atoms. The molecule has 3 nitrogen and oxygen atoms in total. The van der Waals surface area contributed by atoms with Crippen LogP contribution in [0.3, 0.4) is 0 Å². The van der Waals surface area contributed by atoms with Gasteiger partial charge in [-0.3, -0.25) is 4.98 Å². The van der Waals surface area contributed by atoms with Crippen molar-refractivity contribution in [3.8, 4) is 0 Å². The van der Waals surface area contributed by atoms with Crippen LogP contribution in [0.15, 0.2) is 36.7 Å². The Bertz CT molecular complexity index is 599. The Morgan fingerprint density at radius 3 is 2.53 bits per heavy atom. The molecule has 0 aliphatic carbocycles. The molecule has 7 heteroatoms. The Morgan fingerprint density at radius 1 is 1.16 bits per heavy atom.